The summed E-state index contributed by atoms with van der Waals surface area (Å²) in [4.78, 5) is 0. The van der Waals surface area contributed by atoms with Crippen LogP contribution >= 0.6 is 0 Å². The largest absolute Gasteiger partial charge is 0.486 e. The molecule has 84 valence electrons. The standard InChI is InChI=1S/C13H16N2O/c1-3-11-4-6-12(7-5-11)10-16-13-8-14-15(2)9-13/h4-9H,3,10H2,1-2H3. The van der Waals surface area contributed by atoms with E-state index in [4.69, 9.17) is 4.74 Å². The highest BCUT2D eigenvalue weighted by molar-refractivity contribution is 5.22. The van der Waals surface area contributed by atoms with Crippen LogP contribution in [0.15, 0.2) is 36.7 Å². The highest BCUT2D eigenvalue weighted by Gasteiger charge is 1.98. The molecule has 0 fully saturated rings. The summed E-state index contributed by atoms with van der Waals surface area (Å²) in [5.41, 5.74) is 2.53. The zero-order valence-corrected chi connectivity index (χ0v) is 9.68. The van der Waals surface area contributed by atoms with Crippen molar-refractivity contribution >= 4 is 0 Å². The van der Waals surface area contributed by atoms with Gasteiger partial charge in [-0.25, -0.2) is 0 Å². The van der Waals surface area contributed by atoms with Crippen LogP contribution in [0.1, 0.15) is 18.1 Å². The molecule has 0 aliphatic rings. The first-order valence-electron chi connectivity index (χ1n) is 5.47. The van der Waals surface area contributed by atoms with Gasteiger partial charge in [-0.3, -0.25) is 4.68 Å². The molecule has 0 unspecified atom stereocenters. The van der Waals surface area contributed by atoms with Crippen molar-refractivity contribution in [3.8, 4) is 5.75 Å². The van der Waals surface area contributed by atoms with Gasteiger partial charge in [0.1, 0.15) is 6.61 Å². The van der Waals surface area contributed by atoms with Crippen molar-refractivity contribution in [3.05, 3.63) is 47.8 Å². The Labute approximate surface area is 95.7 Å². The van der Waals surface area contributed by atoms with Gasteiger partial charge in [0.2, 0.25) is 0 Å². The SMILES string of the molecule is CCc1ccc(COc2cnn(C)c2)cc1. The molecule has 3 nitrogen and oxygen atoms in total. The summed E-state index contributed by atoms with van der Waals surface area (Å²) in [5, 5.41) is 4.05. The summed E-state index contributed by atoms with van der Waals surface area (Å²) < 4.78 is 7.33. The maximum atomic E-state index is 5.60. The highest BCUT2D eigenvalue weighted by Crippen LogP contribution is 2.11. The van der Waals surface area contributed by atoms with Gasteiger partial charge in [-0.1, -0.05) is 31.2 Å². The highest BCUT2D eigenvalue weighted by atomic mass is 16.5. The molecule has 0 bridgehead atoms. The van der Waals surface area contributed by atoms with Gasteiger partial charge in [0.15, 0.2) is 5.75 Å². The molecular weight excluding hydrogens is 200 g/mol. The second-order valence-corrected chi connectivity index (χ2v) is 3.81. The molecule has 0 N–H and O–H groups in total. The van der Waals surface area contributed by atoms with Gasteiger partial charge in [-0.15, -0.1) is 0 Å². The fraction of sp³-hybridized carbons (Fsp3) is 0.308. The average Bonchev–Trinajstić information content (AvgIpc) is 2.73. The molecule has 1 aromatic carbocycles. The van der Waals surface area contributed by atoms with Gasteiger partial charge in [0.05, 0.1) is 12.4 Å². The van der Waals surface area contributed by atoms with Crippen molar-refractivity contribution in [2.75, 3.05) is 0 Å². The second kappa shape index (κ2) is 4.84. The predicted octanol–water partition coefficient (Wildman–Crippen LogP) is 2.56. The maximum Gasteiger partial charge on any atom is 0.157 e. The summed E-state index contributed by atoms with van der Waals surface area (Å²) in [6.45, 7) is 2.75. The first-order chi connectivity index (χ1) is 7.78. The van der Waals surface area contributed by atoms with Crippen molar-refractivity contribution in [1.82, 2.24) is 9.78 Å². The Bertz CT molecular complexity index is 445. The summed E-state index contributed by atoms with van der Waals surface area (Å²) in [5.74, 6) is 0.807. The number of hydrogen-bond donors (Lipinski definition) is 0. The molecule has 0 saturated heterocycles. The molecule has 0 saturated carbocycles. The minimum atomic E-state index is 0.593. The fourth-order valence-electron chi connectivity index (χ4n) is 1.51. The summed E-state index contributed by atoms with van der Waals surface area (Å²) >= 11 is 0. The van der Waals surface area contributed by atoms with E-state index in [1.165, 1.54) is 11.1 Å². The molecule has 3 heteroatoms. The van der Waals surface area contributed by atoms with Crippen molar-refractivity contribution < 1.29 is 4.74 Å². The Morgan fingerprint density at radius 3 is 2.44 bits per heavy atom. The lowest BCUT2D eigenvalue weighted by Gasteiger charge is -2.04. The first-order valence-corrected chi connectivity index (χ1v) is 5.47. The topological polar surface area (TPSA) is 27.1 Å². The van der Waals surface area contributed by atoms with Gasteiger partial charge in [-0.05, 0) is 17.5 Å². The van der Waals surface area contributed by atoms with Gasteiger partial charge in [0, 0.05) is 7.05 Å². The molecule has 1 aromatic heterocycles. The van der Waals surface area contributed by atoms with E-state index in [-0.39, 0.29) is 0 Å². The van der Waals surface area contributed by atoms with Crippen LogP contribution in [0.4, 0.5) is 0 Å². The lowest BCUT2D eigenvalue weighted by Crippen LogP contribution is -1.94. The second-order valence-electron chi connectivity index (χ2n) is 3.81. The minimum absolute atomic E-state index is 0.593. The minimum Gasteiger partial charge on any atom is -0.486 e. The molecule has 2 aromatic rings. The number of rotatable bonds is 4. The zero-order chi connectivity index (χ0) is 11.4. The molecule has 0 aliphatic heterocycles. The number of aryl methyl sites for hydroxylation is 2. The first kappa shape index (κ1) is 10.7. The zero-order valence-electron chi connectivity index (χ0n) is 9.68. The van der Waals surface area contributed by atoms with Crippen LogP contribution < -0.4 is 4.74 Å². The molecule has 16 heavy (non-hydrogen) atoms. The third-order valence-electron chi connectivity index (χ3n) is 2.52. The summed E-state index contributed by atoms with van der Waals surface area (Å²) in [7, 11) is 1.88. The van der Waals surface area contributed by atoms with Crippen LogP contribution in [0.25, 0.3) is 0 Å². The van der Waals surface area contributed by atoms with Crippen LogP contribution in [0.5, 0.6) is 5.75 Å². The van der Waals surface area contributed by atoms with Crippen LogP contribution in [0.3, 0.4) is 0 Å². The van der Waals surface area contributed by atoms with E-state index in [2.05, 4.69) is 36.3 Å². The molecule has 0 spiro atoms. The van der Waals surface area contributed by atoms with Crippen LogP contribution in [0.2, 0.25) is 0 Å². The van der Waals surface area contributed by atoms with Crippen LogP contribution in [0, 0.1) is 0 Å². The third-order valence-corrected chi connectivity index (χ3v) is 2.52. The van der Waals surface area contributed by atoms with Crippen molar-refractivity contribution in [1.29, 1.82) is 0 Å². The van der Waals surface area contributed by atoms with Gasteiger partial charge in [-0.2, -0.15) is 5.10 Å². The predicted molar refractivity (Wildman–Crippen MR) is 63.4 cm³/mol. The van der Waals surface area contributed by atoms with E-state index in [1.807, 2.05) is 13.2 Å². The van der Waals surface area contributed by atoms with E-state index in [0.29, 0.717) is 6.61 Å². The van der Waals surface area contributed by atoms with Crippen molar-refractivity contribution in [2.24, 2.45) is 7.05 Å². The number of aromatic nitrogens is 2. The van der Waals surface area contributed by atoms with E-state index in [0.717, 1.165) is 12.2 Å². The fourth-order valence-corrected chi connectivity index (χ4v) is 1.51. The molecule has 0 amide bonds. The van der Waals surface area contributed by atoms with Gasteiger partial charge in [0.25, 0.3) is 0 Å². The summed E-state index contributed by atoms with van der Waals surface area (Å²) in [6, 6.07) is 8.49. The number of benzene rings is 1. The van der Waals surface area contributed by atoms with Gasteiger partial charge < -0.3 is 4.74 Å². The van der Waals surface area contributed by atoms with Crippen LogP contribution in [-0.4, -0.2) is 9.78 Å². The Hall–Kier alpha value is -1.77. The number of hydrogen-bond acceptors (Lipinski definition) is 2. The van der Waals surface area contributed by atoms with E-state index >= 15 is 0 Å². The molecule has 0 radical (unpaired) electrons. The Morgan fingerprint density at radius 2 is 1.88 bits per heavy atom. The maximum absolute atomic E-state index is 5.60. The lowest BCUT2D eigenvalue weighted by molar-refractivity contribution is 0.306. The van der Waals surface area contributed by atoms with Crippen molar-refractivity contribution in [3.63, 3.8) is 0 Å². The van der Waals surface area contributed by atoms with E-state index in [1.54, 1.807) is 10.9 Å². The molecular formula is C13H16N2O. The average molecular weight is 216 g/mol. The Kier molecular flexibility index (Phi) is 3.25. The smallest absolute Gasteiger partial charge is 0.157 e. The number of ether oxygens (including phenoxy) is 1. The Balaban J connectivity index is 1.94. The summed E-state index contributed by atoms with van der Waals surface area (Å²) in [6.07, 6.45) is 4.66. The molecule has 0 atom stereocenters. The van der Waals surface area contributed by atoms with E-state index < -0.39 is 0 Å². The monoisotopic (exact) mass is 216 g/mol. The van der Waals surface area contributed by atoms with E-state index in [9.17, 15) is 0 Å². The Morgan fingerprint density at radius 1 is 1.19 bits per heavy atom. The number of nitrogens with zero attached hydrogens (tertiary/aromatic N) is 2. The van der Waals surface area contributed by atoms with Crippen LogP contribution in [-0.2, 0) is 20.1 Å². The quantitative estimate of drug-likeness (QED) is 0.785. The molecule has 1 heterocycles. The molecule has 0 aliphatic carbocycles. The van der Waals surface area contributed by atoms with Crippen molar-refractivity contribution in [2.45, 2.75) is 20.0 Å². The third kappa shape index (κ3) is 2.63. The normalized spacial score (nSPS) is 10.4. The lowest BCUT2D eigenvalue weighted by atomic mass is 10.1. The van der Waals surface area contributed by atoms with Gasteiger partial charge >= 0.3 is 0 Å². The molecule has 2 rings (SSSR count).